The van der Waals surface area contributed by atoms with Gasteiger partial charge < -0.3 is 4.43 Å². The third kappa shape index (κ3) is 4.26. The molecule has 2 rings (SSSR count). The largest absolute Gasteiger partial charge is 0.543 e. The zero-order valence-electron chi connectivity index (χ0n) is 17.7. The van der Waals surface area contributed by atoms with Crippen LogP contribution in [0.5, 0.6) is 5.75 Å². The van der Waals surface area contributed by atoms with Crippen LogP contribution in [0.1, 0.15) is 51.3 Å². The number of benzene rings is 1. The minimum Gasteiger partial charge on any atom is -0.543 e. The first kappa shape index (κ1) is 20.4. The quantitative estimate of drug-likeness (QED) is 0.566. The zero-order valence-corrected chi connectivity index (χ0v) is 18.7. The summed E-state index contributed by atoms with van der Waals surface area (Å²) in [5.41, 5.74) is 6.12. The first-order valence-corrected chi connectivity index (χ1v) is 12.2. The van der Waals surface area contributed by atoms with E-state index < -0.39 is 8.32 Å². The Morgan fingerprint density at radius 3 is 1.81 bits per heavy atom. The lowest BCUT2D eigenvalue weighted by molar-refractivity contribution is -0.112. The summed E-state index contributed by atoms with van der Waals surface area (Å²) in [4.78, 5) is 11.9. The highest BCUT2D eigenvalue weighted by Crippen LogP contribution is 2.39. The van der Waals surface area contributed by atoms with E-state index in [2.05, 4.69) is 65.9 Å². The number of carbonyl (C=O) groups excluding carboxylic acids is 1. The van der Waals surface area contributed by atoms with Gasteiger partial charge in [0.15, 0.2) is 5.78 Å². The Morgan fingerprint density at radius 1 is 0.923 bits per heavy atom. The van der Waals surface area contributed by atoms with E-state index in [0.717, 1.165) is 39.2 Å². The van der Waals surface area contributed by atoms with Crippen molar-refractivity contribution >= 4 is 20.2 Å². The number of rotatable bonds is 3. The van der Waals surface area contributed by atoms with Gasteiger partial charge in [0.1, 0.15) is 5.75 Å². The van der Waals surface area contributed by atoms with Crippen LogP contribution < -0.4 is 4.43 Å². The number of carbonyl (C=O) groups is 1. The van der Waals surface area contributed by atoms with E-state index in [0.29, 0.717) is 0 Å². The van der Waals surface area contributed by atoms with Crippen LogP contribution in [-0.4, -0.2) is 14.1 Å². The van der Waals surface area contributed by atoms with Crippen molar-refractivity contribution in [2.75, 3.05) is 0 Å². The number of aryl methyl sites for hydroxylation is 2. The molecule has 0 radical (unpaired) electrons. The average molecular weight is 369 g/mol. The van der Waals surface area contributed by atoms with Crippen LogP contribution in [0.15, 0.2) is 41.0 Å². The second-order valence-electron chi connectivity index (χ2n) is 8.97. The van der Waals surface area contributed by atoms with E-state index in [4.69, 9.17) is 4.43 Å². The first-order valence-electron chi connectivity index (χ1n) is 9.25. The number of ketones is 1. The third-order valence-corrected chi connectivity index (χ3v) is 9.79. The molecule has 0 fully saturated rings. The molecule has 26 heavy (non-hydrogen) atoms. The van der Waals surface area contributed by atoms with Crippen molar-refractivity contribution in [3.05, 3.63) is 57.7 Å². The summed E-state index contributed by atoms with van der Waals surface area (Å²) in [7, 11) is -1.87. The predicted octanol–water partition coefficient (Wildman–Crippen LogP) is 6.55. The maximum Gasteiger partial charge on any atom is 0.250 e. The van der Waals surface area contributed by atoms with Gasteiger partial charge in [-0.2, -0.15) is 0 Å². The molecule has 1 aromatic rings. The molecule has 0 spiro atoms. The number of hydrogen-bond donors (Lipinski definition) is 0. The molecule has 0 amide bonds. The minimum atomic E-state index is -1.87. The smallest absolute Gasteiger partial charge is 0.250 e. The molecule has 0 aromatic heterocycles. The van der Waals surface area contributed by atoms with Gasteiger partial charge in [0.05, 0.1) is 0 Å². The second kappa shape index (κ2) is 7.03. The Kier molecular flexibility index (Phi) is 5.53. The lowest BCUT2D eigenvalue weighted by Crippen LogP contribution is -2.44. The maximum atomic E-state index is 11.9. The van der Waals surface area contributed by atoms with Gasteiger partial charge in [-0.05, 0) is 110 Å². The number of hydrogen-bond acceptors (Lipinski definition) is 2. The molecule has 0 saturated heterocycles. The van der Waals surface area contributed by atoms with E-state index in [1.807, 2.05) is 26.0 Å². The van der Waals surface area contributed by atoms with Gasteiger partial charge in [-0.3, -0.25) is 4.79 Å². The Labute approximate surface area is 159 Å². The molecule has 1 aliphatic rings. The fourth-order valence-corrected chi connectivity index (χ4v) is 4.03. The number of Topliss-reactive ketones (excluding diaryl/α,β-unsaturated/α-hetero) is 1. The van der Waals surface area contributed by atoms with Crippen LogP contribution in [-0.2, 0) is 4.79 Å². The molecular formula is C23H32O2Si. The molecule has 0 heterocycles. The molecule has 1 aromatic carbocycles. The molecule has 0 N–H and O–H groups in total. The van der Waals surface area contributed by atoms with Crippen molar-refractivity contribution in [3.63, 3.8) is 0 Å². The Bertz CT molecular complexity index is 783. The molecule has 2 nitrogen and oxygen atoms in total. The Hall–Kier alpha value is -1.87. The van der Waals surface area contributed by atoms with E-state index in [9.17, 15) is 4.79 Å². The van der Waals surface area contributed by atoms with E-state index in [1.54, 1.807) is 0 Å². The van der Waals surface area contributed by atoms with Crippen molar-refractivity contribution in [2.45, 2.75) is 66.6 Å². The third-order valence-electron chi connectivity index (χ3n) is 5.46. The lowest BCUT2D eigenvalue weighted by atomic mass is 9.94. The van der Waals surface area contributed by atoms with Crippen LogP contribution in [0, 0.1) is 13.8 Å². The SMILES string of the molecule is CC1=CC(=Cc2cc(C)c(O[Si](C)(C)C(C)(C)C)c(C)c2)C=C(C)C1=O. The Morgan fingerprint density at radius 2 is 1.38 bits per heavy atom. The summed E-state index contributed by atoms with van der Waals surface area (Å²) < 4.78 is 6.57. The summed E-state index contributed by atoms with van der Waals surface area (Å²) in [6.45, 7) is 19.3. The van der Waals surface area contributed by atoms with E-state index >= 15 is 0 Å². The van der Waals surface area contributed by atoms with Crippen LogP contribution in [0.4, 0.5) is 0 Å². The highest BCUT2D eigenvalue weighted by atomic mass is 28.4. The van der Waals surface area contributed by atoms with Gasteiger partial charge in [0, 0.05) is 0 Å². The second-order valence-corrected chi connectivity index (χ2v) is 13.7. The summed E-state index contributed by atoms with van der Waals surface area (Å²) in [5, 5.41) is 0.172. The van der Waals surface area contributed by atoms with Crippen molar-refractivity contribution in [1.82, 2.24) is 0 Å². The van der Waals surface area contributed by atoms with E-state index in [1.165, 1.54) is 0 Å². The molecule has 3 heteroatoms. The van der Waals surface area contributed by atoms with Crippen LogP contribution >= 0.6 is 0 Å². The average Bonchev–Trinajstić information content (AvgIpc) is 2.47. The molecule has 0 aliphatic heterocycles. The standard InChI is InChI=1S/C23H32O2Si/c1-15-10-19(11-16(2)21(15)24)14-20-12-17(3)22(18(4)13-20)25-26(8,9)23(5,6)7/h10-14H,1-9H3. The van der Waals surface area contributed by atoms with Crippen molar-refractivity contribution in [3.8, 4) is 5.75 Å². The van der Waals surface area contributed by atoms with Crippen LogP contribution in [0.25, 0.3) is 6.08 Å². The molecule has 1 aliphatic carbocycles. The first-order chi connectivity index (χ1) is 11.8. The summed E-state index contributed by atoms with van der Waals surface area (Å²) in [5.74, 6) is 1.16. The van der Waals surface area contributed by atoms with Crippen molar-refractivity contribution < 1.29 is 9.22 Å². The minimum absolute atomic E-state index is 0.132. The normalized spacial score (nSPS) is 15.6. The van der Waals surface area contributed by atoms with Gasteiger partial charge in [0.2, 0.25) is 0 Å². The maximum absolute atomic E-state index is 11.9. The summed E-state index contributed by atoms with van der Waals surface area (Å²) in [6.07, 6.45) is 6.05. The monoisotopic (exact) mass is 368 g/mol. The molecule has 0 unspecified atom stereocenters. The highest BCUT2D eigenvalue weighted by Gasteiger charge is 2.39. The van der Waals surface area contributed by atoms with Crippen LogP contribution in [0.2, 0.25) is 18.1 Å². The molecule has 0 saturated carbocycles. The topological polar surface area (TPSA) is 26.3 Å². The summed E-state index contributed by atoms with van der Waals surface area (Å²) in [6, 6.07) is 4.34. The van der Waals surface area contributed by atoms with Gasteiger partial charge in [0.25, 0.3) is 8.32 Å². The fourth-order valence-electron chi connectivity index (χ4n) is 2.90. The zero-order chi connectivity index (χ0) is 19.9. The highest BCUT2D eigenvalue weighted by molar-refractivity contribution is 6.74. The molecule has 0 atom stereocenters. The lowest BCUT2D eigenvalue weighted by Gasteiger charge is -2.37. The Balaban J connectivity index is 2.39. The van der Waals surface area contributed by atoms with Gasteiger partial charge in [-0.15, -0.1) is 0 Å². The van der Waals surface area contributed by atoms with Gasteiger partial charge >= 0.3 is 0 Å². The molecule has 0 bridgehead atoms. The van der Waals surface area contributed by atoms with Crippen molar-refractivity contribution in [2.24, 2.45) is 0 Å². The van der Waals surface area contributed by atoms with Crippen LogP contribution in [0.3, 0.4) is 0 Å². The van der Waals surface area contributed by atoms with Gasteiger partial charge in [-0.1, -0.05) is 20.8 Å². The predicted molar refractivity (Wildman–Crippen MR) is 114 cm³/mol. The van der Waals surface area contributed by atoms with Crippen molar-refractivity contribution in [1.29, 1.82) is 0 Å². The molecule has 140 valence electrons. The number of allylic oxidation sites excluding steroid dienone is 5. The molecular weight excluding hydrogens is 336 g/mol. The van der Waals surface area contributed by atoms with Gasteiger partial charge in [-0.25, -0.2) is 0 Å². The van der Waals surface area contributed by atoms with E-state index in [-0.39, 0.29) is 10.8 Å². The fraction of sp³-hybridized carbons (Fsp3) is 0.435. The summed E-state index contributed by atoms with van der Waals surface area (Å²) >= 11 is 0.